The predicted molar refractivity (Wildman–Crippen MR) is 119 cm³/mol. The maximum Gasteiger partial charge on any atom is 0.197 e. The van der Waals surface area contributed by atoms with Gasteiger partial charge in [0, 0.05) is 23.0 Å². The van der Waals surface area contributed by atoms with Crippen LogP contribution in [0.4, 0.5) is 0 Å². The molecule has 0 spiro atoms. The summed E-state index contributed by atoms with van der Waals surface area (Å²) in [7, 11) is -1.73. The van der Waals surface area contributed by atoms with Crippen molar-refractivity contribution in [3.8, 4) is 16.9 Å². The average Bonchev–Trinajstić information content (AvgIpc) is 3.28. The SMILES string of the molecule is COc1ccccc1CCc1ccc(-c2ccc(S(=O)(=O)C(C)C)nc2)c2nncn12. The summed E-state index contributed by atoms with van der Waals surface area (Å²) in [5.41, 5.74) is 4.55. The van der Waals surface area contributed by atoms with Gasteiger partial charge in [0.25, 0.3) is 0 Å². The minimum absolute atomic E-state index is 0.0807. The quantitative estimate of drug-likeness (QED) is 0.438. The van der Waals surface area contributed by atoms with Gasteiger partial charge >= 0.3 is 0 Å². The molecule has 8 heteroatoms. The minimum Gasteiger partial charge on any atom is -0.496 e. The average molecular weight is 437 g/mol. The van der Waals surface area contributed by atoms with Gasteiger partial charge in [-0.2, -0.15) is 0 Å². The van der Waals surface area contributed by atoms with E-state index in [2.05, 4.69) is 21.2 Å². The fraction of sp³-hybridized carbons (Fsp3) is 0.261. The molecule has 0 fully saturated rings. The summed E-state index contributed by atoms with van der Waals surface area (Å²) in [5.74, 6) is 0.877. The van der Waals surface area contributed by atoms with E-state index in [1.165, 1.54) is 0 Å². The lowest BCUT2D eigenvalue weighted by Gasteiger charge is -2.11. The summed E-state index contributed by atoms with van der Waals surface area (Å²) in [6.45, 7) is 3.29. The van der Waals surface area contributed by atoms with Gasteiger partial charge in [-0.3, -0.25) is 4.40 Å². The highest BCUT2D eigenvalue weighted by Crippen LogP contribution is 2.26. The van der Waals surface area contributed by atoms with E-state index >= 15 is 0 Å². The number of hydrogen-bond acceptors (Lipinski definition) is 6. The number of ether oxygens (including phenoxy) is 1. The number of hydrogen-bond donors (Lipinski definition) is 0. The molecule has 4 rings (SSSR count). The Kier molecular flexibility index (Phi) is 5.73. The number of nitrogens with zero attached hydrogens (tertiary/aromatic N) is 4. The molecule has 3 heterocycles. The van der Waals surface area contributed by atoms with Crippen molar-refractivity contribution in [2.24, 2.45) is 0 Å². The molecule has 0 bridgehead atoms. The summed E-state index contributed by atoms with van der Waals surface area (Å²) < 4.78 is 32.1. The van der Waals surface area contributed by atoms with E-state index in [0.717, 1.165) is 41.0 Å². The van der Waals surface area contributed by atoms with Crippen LogP contribution in [0.15, 0.2) is 66.1 Å². The van der Waals surface area contributed by atoms with Gasteiger partial charge in [-0.1, -0.05) is 18.2 Å². The van der Waals surface area contributed by atoms with Crippen molar-refractivity contribution in [1.29, 1.82) is 0 Å². The lowest BCUT2D eigenvalue weighted by atomic mass is 10.0. The van der Waals surface area contributed by atoms with Crippen LogP contribution in [0.2, 0.25) is 0 Å². The van der Waals surface area contributed by atoms with Crippen LogP contribution in [-0.2, 0) is 22.7 Å². The Morgan fingerprint density at radius 3 is 2.55 bits per heavy atom. The van der Waals surface area contributed by atoms with E-state index in [9.17, 15) is 8.42 Å². The first-order valence-corrected chi connectivity index (χ1v) is 11.6. The Balaban J connectivity index is 1.64. The van der Waals surface area contributed by atoms with Gasteiger partial charge < -0.3 is 4.74 Å². The zero-order valence-electron chi connectivity index (χ0n) is 17.7. The van der Waals surface area contributed by atoms with Crippen molar-refractivity contribution < 1.29 is 13.2 Å². The van der Waals surface area contributed by atoms with E-state index in [1.807, 2.05) is 34.7 Å². The molecular weight excluding hydrogens is 412 g/mol. The molecule has 0 saturated carbocycles. The number of aryl methyl sites for hydroxylation is 2. The second-order valence-corrected chi connectivity index (χ2v) is 10.0. The topological polar surface area (TPSA) is 86.5 Å². The third-order valence-corrected chi connectivity index (χ3v) is 7.41. The summed E-state index contributed by atoms with van der Waals surface area (Å²) in [5, 5.41) is 7.94. The van der Waals surface area contributed by atoms with E-state index in [4.69, 9.17) is 4.74 Å². The summed E-state index contributed by atoms with van der Waals surface area (Å²) in [6.07, 6.45) is 4.88. The third kappa shape index (κ3) is 4.03. The fourth-order valence-corrected chi connectivity index (χ4v) is 4.45. The molecular formula is C23H24N4O3S. The van der Waals surface area contributed by atoms with Gasteiger partial charge in [-0.25, -0.2) is 13.4 Å². The van der Waals surface area contributed by atoms with Gasteiger partial charge in [-0.15, -0.1) is 10.2 Å². The van der Waals surface area contributed by atoms with Gasteiger partial charge in [0.15, 0.2) is 20.5 Å². The lowest BCUT2D eigenvalue weighted by molar-refractivity contribution is 0.409. The van der Waals surface area contributed by atoms with Crippen molar-refractivity contribution in [2.75, 3.05) is 7.11 Å². The molecule has 7 nitrogen and oxygen atoms in total. The van der Waals surface area contributed by atoms with E-state index < -0.39 is 15.1 Å². The zero-order valence-corrected chi connectivity index (χ0v) is 18.5. The van der Waals surface area contributed by atoms with Crippen molar-refractivity contribution >= 4 is 15.5 Å². The molecule has 0 N–H and O–H groups in total. The molecule has 3 aromatic heterocycles. The van der Waals surface area contributed by atoms with Crippen LogP contribution in [0.5, 0.6) is 5.75 Å². The van der Waals surface area contributed by atoms with Crippen LogP contribution < -0.4 is 4.74 Å². The molecule has 0 atom stereocenters. The molecule has 0 saturated heterocycles. The van der Waals surface area contributed by atoms with E-state index in [-0.39, 0.29) is 5.03 Å². The van der Waals surface area contributed by atoms with E-state index in [0.29, 0.717) is 5.65 Å². The molecule has 31 heavy (non-hydrogen) atoms. The number of rotatable bonds is 7. The van der Waals surface area contributed by atoms with Gasteiger partial charge in [0.1, 0.15) is 12.1 Å². The highest BCUT2D eigenvalue weighted by molar-refractivity contribution is 7.91. The zero-order chi connectivity index (χ0) is 22.0. The van der Waals surface area contributed by atoms with Crippen molar-refractivity contribution in [2.45, 2.75) is 37.0 Å². The maximum absolute atomic E-state index is 12.3. The number of benzene rings is 1. The number of fused-ring (bicyclic) bond motifs is 1. The van der Waals surface area contributed by atoms with Crippen LogP contribution in [0, 0.1) is 0 Å². The first-order valence-electron chi connectivity index (χ1n) is 10.1. The van der Waals surface area contributed by atoms with Crippen LogP contribution in [0.25, 0.3) is 16.8 Å². The highest BCUT2D eigenvalue weighted by Gasteiger charge is 2.21. The lowest BCUT2D eigenvalue weighted by Crippen LogP contribution is -2.15. The monoisotopic (exact) mass is 436 g/mol. The number of sulfone groups is 1. The molecule has 1 aromatic carbocycles. The van der Waals surface area contributed by atoms with Crippen LogP contribution in [0.3, 0.4) is 0 Å². The Morgan fingerprint density at radius 2 is 1.84 bits per heavy atom. The van der Waals surface area contributed by atoms with E-state index in [1.54, 1.807) is 45.6 Å². The number of pyridine rings is 2. The number of methoxy groups -OCH3 is 1. The largest absolute Gasteiger partial charge is 0.496 e. The van der Waals surface area contributed by atoms with Crippen molar-refractivity contribution in [3.05, 3.63) is 72.3 Å². The molecule has 0 amide bonds. The summed E-state index contributed by atoms with van der Waals surface area (Å²) in [6, 6.07) is 15.3. The second kappa shape index (κ2) is 8.47. The molecule has 4 aromatic rings. The predicted octanol–water partition coefficient (Wildman–Crippen LogP) is 3.77. The second-order valence-electron chi connectivity index (χ2n) is 7.55. The van der Waals surface area contributed by atoms with Gasteiger partial charge in [0.05, 0.1) is 12.4 Å². The Bertz CT molecular complexity index is 1310. The Labute approximate surface area is 181 Å². The van der Waals surface area contributed by atoms with Crippen molar-refractivity contribution in [3.63, 3.8) is 0 Å². The standard InChI is InChI=1S/C23H24N4O3S/c1-16(2)31(28,29)22-13-9-18(14-24-22)20-12-11-19(27-15-25-26-23(20)27)10-8-17-6-4-5-7-21(17)30-3/h4-7,9,11-16H,8,10H2,1-3H3. The molecule has 0 aliphatic carbocycles. The number of aromatic nitrogens is 4. The minimum atomic E-state index is -3.41. The van der Waals surface area contributed by atoms with Crippen LogP contribution in [0.1, 0.15) is 25.1 Å². The highest BCUT2D eigenvalue weighted by atomic mass is 32.2. The number of para-hydroxylation sites is 1. The fourth-order valence-electron chi connectivity index (χ4n) is 3.51. The molecule has 0 aliphatic rings. The molecule has 160 valence electrons. The van der Waals surface area contributed by atoms with Crippen molar-refractivity contribution in [1.82, 2.24) is 19.6 Å². The normalized spacial score (nSPS) is 11.9. The third-order valence-electron chi connectivity index (χ3n) is 5.34. The Hall–Kier alpha value is -3.26. The maximum atomic E-state index is 12.3. The van der Waals surface area contributed by atoms with Gasteiger partial charge in [0.2, 0.25) is 0 Å². The van der Waals surface area contributed by atoms with Crippen LogP contribution >= 0.6 is 0 Å². The molecule has 0 radical (unpaired) electrons. The van der Waals surface area contributed by atoms with Gasteiger partial charge in [-0.05, 0) is 62.6 Å². The van der Waals surface area contributed by atoms with Crippen LogP contribution in [-0.4, -0.2) is 40.4 Å². The summed E-state index contributed by atoms with van der Waals surface area (Å²) >= 11 is 0. The summed E-state index contributed by atoms with van der Waals surface area (Å²) in [4.78, 5) is 4.20. The molecule has 0 unspecified atom stereocenters. The first kappa shape index (κ1) is 21.0. The molecule has 0 aliphatic heterocycles. The Morgan fingerprint density at radius 1 is 1.03 bits per heavy atom. The first-order chi connectivity index (χ1) is 14.9. The smallest absolute Gasteiger partial charge is 0.197 e.